The Hall–Kier alpha value is -3.37. The minimum atomic E-state index is -0.973. The zero-order valence-electron chi connectivity index (χ0n) is 17.6. The van der Waals surface area contributed by atoms with Gasteiger partial charge in [-0.05, 0) is 36.2 Å². The van der Waals surface area contributed by atoms with Crippen LogP contribution >= 0.6 is 22.9 Å². The lowest BCUT2D eigenvalue weighted by Crippen LogP contribution is -2.45. The molecule has 0 saturated heterocycles. The molecule has 0 bridgehead atoms. The molecule has 172 valence electrons. The highest BCUT2D eigenvalue weighted by Crippen LogP contribution is 2.25. The fourth-order valence-electron chi connectivity index (χ4n) is 2.85. The van der Waals surface area contributed by atoms with E-state index < -0.39 is 22.8 Å². The maximum absolute atomic E-state index is 13.1. The molecular weight excluding hydrogens is 473 g/mol. The average Bonchev–Trinajstić information content (AvgIpc) is 3.24. The van der Waals surface area contributed by atoms with Crippen LogP contribution in [0.5, 0.6) is 0 Å². The first-order valence-corrected chi connectivity index (χ1v) is 11.0. The fourth-order valence-corrected chi connectivity index (χ4v) is 3.92. The number of nitrogens with zero attached hydrogens (tertiary/aromatic N) is 2. The zero-order chi connectivity index (χ0) is 24.1. The molecule has 0 aliphatic heterocycles. The van der Waals surface area contributed by atoms with Crippen molar-refractivity contribution in [1.82, 2.24) is 10.3 Å². The molecule has 3 aromatic rings. The number of amides is 1. The molecule has 1 aromatic heterocycles. The Bertz CT molecular complexity index is 1180. The molecular formula is C22H19ClFN3O5S. The molecule has 1 amide bonds. The number of benzene rings is 2. The van der Waals surface area contributed by atoms with Gasteiger partial charge in [-0.3, -0.25) is 14.9 Å². The van der Waals surface area contributed by atoms with Crippen molar-refractivity contribution >= 4 is 40.5 Å². The molecule has 1 heterocycles. The number of nitro groups is 1. The fraction of sp³-hybridized carbons (Fsp3) is 0.227. The molecule has 0 saturated carbocycles. The van der Waals surface area contributed by atoms with Crippen LogP contribution in [0, 0.1) is 21.8 Å². The van der Waals surface area contributed by atoms with E-state index in [0.717, 1.165) is 17.7 Å². The third-order valence-corrected chi connectivity index (χ3v) is 5.87. The van der Waals surface area contributed by atoms with Gasteiger partial charge in [-0.15, -0.1) is 11.3 Å². The second kappa shape index (κ2) is 10.5. The number of nitrogens with one attached hydrogen (secondary N) is 1. The minimum absolute atomic E-state index is 0.00385. The molecule has 0 aliphatic carbocycles. The molecule has 0 spiro atoms. The monoisotopic (exact) mass is 491 g/mol. The van der Waals surface area contributed by atoms with E-state index in [9.17, 15) is 24.1 Å². The molecule has 0 aliphatic rings. The summed E-state index contributed by atoms with van der Waals surface area (Å²) >= 11 is 7.33. The number of ether oxygens (including phenoxy) is 1. The summed E-state index contributed by atoms with van der Waals surface area (Å²) in [6, 6.07) is 8.37. The van der Waals surface area contributed by atoms with Gasteiger partial charge in [0.25, 0.3) is 11.6 Å². The lowest BCUT2D eigenvalue weighted by molar-refractivity contribution is -0.384. The second-order valence-corrected chi connectivity index (χ2v) is 8.64. The zero-order valence-corrected chi connectivity index (χ0v) is 19.2. The van der Waals surface area contributed by atoms with Crippen molar-refractivity contribution in [3.8, 4) is 10.6 Å². The Morgan fingerprint density at radius 1 is 1.24 bits per heavy atom. The third-order valence-electron chi connectivity index (χ3n) is 4.62. The summed E-state index contributed by atoms with van der Waals surface area (Å²) in [5.41, 5.74) is 1.01. The number of non-ortho nitro benzene ring substituents is 1. The molecule has 11 heteroatoms. The summed E-state index contributed by atoms with van der Waals surface area (Å²) < 4.78 is 18.4. The summed E-state index contributed by atoms with van der Waals surface area (Å²) in [7, 11) is 0. The Labute approximate surface area is 197 Å². The van der Waals surface area contributed by atoms with Gasteiger partial charge in [0.15, 0.2) is 0 Å². The van der Waals surface area contributed by atoms with E-state index in [1.165, 1.54) is 29.5 Å². The van der Waals surface area contributed by atoms with E-state index in [1.807, 2.05) is 0 Å². The van der Waals surface area contributed by atoms with Crippen molar-refractivity contribution in [3.63, 3.8) is 0 Å². The largest absolute Gasteiger partial charge is 0.458 e. The van der Waals surface area contributed by atoms with Gasteiger partial charge in [-0.25, -0.2) is 14.2 Å². The SMILES string of the molecule is CC(C)C(NC(=O)c1ccc([N+](=O)[O-])cc1Cl)C(=O)OCc1csc(-c2ccc(F)cc2)n1. The molecule has 33 heavy (non-hydrogen) atoms. The van der Waals surface area contributed by atoms with Gasteiger partial charge in [0.05, 0.1) is 21.2 Å². The normalized spacial score (nSPS) is 11.8. The first-order chi connectivity index (χ1) is 15.7. The van der Waals surface area contributed by atoms with Gasteiger partial charge in [-0.1, -0.05) is 25.4 Å². The topological polar surface area (TPSA) is 111 Å². The van der Waals surface area contributed by atoms with Gasteiger partial charge < -0.3 is 10.1 Å². The second-order valence-electron chi connectivity index (χ2n) is 7.38. The van der Waals surface area contributed by atoms with Crippen LogP contribution < -0.4 is 5.32 Å². The molecule has 0 radical (unpaired) electrons. The van der Waals surface area contributed by atoms with Crippen molar-refractivity contribution in [3.05, 3.63) is 80.1 Å². The average molecular weight is 492 g/mol. The Kier molecular flexibility index (Phi) is 7.72. The first kappa shape index (κ1) is 24.3. The number of esters is 1. The van der Waals surface area contributed by atoms with Crippen LogP contribution in [-0.2, 0) is 16.1 Å². The van der Waals surface area contributed by atoms with Crippen LogP contribution in [-0.4, -0.2) is 27.8 Å². The number of hydrogen-bond acceptors (Lipinski definition) is 7. The number of aromatic nitrogens is 1. The molecule has 1 unspecified atom stereocenters. The summed E-state index contributed by atoms with van der Waals surface area (Å²) in [5, 5.41) is 15.7. The van der Waals surface area contributed by atoms with Crippen molar-refractivity contribution in [2.24, 2.45) is 5.92 Å². The number of thiazole rings is 1. The number of nitro benzene ring substituents is 1. The van der Waals surface area contributed by atoms with E-state index in [-0.39, 0.29) is 34.6 Å². The highest BCUT2D eigenvalue weighted by atomic mass is 35.5. The number of rotatable bonds is 8. The van der Waals surface area contributed by atoms with Crippen LogP contribution in [0.4, 0.5) is 10.1 Å². The van der Waals surface area contributed by atoms with Crippen molar-refractivity contribution in [2.45, 2.75) is 26.5 Å². The first-order valence-electron chi connectivity index (χ1n) is 9.77. The van der Waals surface area contributed by atoms with Gasteiger partial charge in [-0.2, -0.15) is 0 Å². The van der Waals surface area contributed by atoms with E-state index >= 15 is 0 Å². The standard InChI is InChI=1S/C22H19ClFN3O5S/c1-12(2)19(26-20(28)17-8-7-16(27(30)31)9-18(17)23)22(29)32-10-15-11-33-21(25-15)13-3-5-14(24)6-4-13/h3-9,11-12,19H,10H2,1-2H3,(H,26,28). The quantitative estimate of drug-likeness (QED) is 0.269. The lowest BCUT2D eigenvalue weighted by atomic mass is 10.0. The van der Waals surface area contributed by atoms with E-state index in [0.29, 0.717) is 10.7 Å². The van der Waals surface area contributed by atoms with Crippen LogP contribution in [0.15, 0.2) is 47.8 Å². The van der Waals surface area contributed by atoms with Gasteiger partial charge in [0.2, 0.25) is 0 Å². The van der Waals surface area contributed by atoms with E-state index in [2.05, 4.69) is 10.3 Å². The number of hydrogen-bond donors (Lipinski definition) is 1. The molecule has 8 nitrogen and oxygen atoms in total. The predicted octanol–water partition coefficient (Wildman–Crippen LogP) is 5.01. The van der Waals surface area contributed by atoms with Gasteiger partial charge >= 0.3 is 5.97 Å². The van der Waals surface area contributed by atoms with Crippen molar-refractivity contribution in [2.75, 3.05) is 0 Å². The third kappa shape index (κ3) is 6.11. The van der Waals surface area contributed by atoms with E-state index in [1.54, 1.807) is 31.4 Å². The number of carbonyl (C=O) groups is 2. The van der Waals surface area contributed by atoms with Gasteiger partial charge in [0.1, 0.15) is 23.5 Å². The van der Waals surface area contributed by atoms with Crippen LogP contribution in [0.2, 0.25) is 5.02 Å². The summed E-state index contributed by atoms with van der Waals surface area (Å²) in [6.07, 6.45) is 0. The summed E-state index contributed by atoms with van der Waals surface area (Å²) in [4.78, 5) is 39.9. The maximum Gasteiger partial charge on any atom is 0.329 e. The predicted molar refractivity (Wildman–Crippen MR) is 122 cm³/mol. The van der Waals surface area contributed by atoms with Crippen molar-refractivity contribution in [1.29, 1.82) is 0 Å². The highest BCUT2D eigenvalue weighted by Gasteiger charge is 2.27. The highest BCUT2D eigenvalue weighted by molar-refractivity contribution is 7.13. The van der Waals surface area contributed by atoms with Crippen LogP contribution in [0.1, 0.15) is 29.9 Å². The van der Waals surface area contributed by atoms with Crippen LogP contribution in [0.3, 0.4) is 0 Å². The summed E-state index contributed by atoms with van der Waals surface area (Å²) in [5.74, 6) is -1.96. The lowest BCUT2D eigenvalue weighted by Gasteiger charge is -2.21. The van der Waals surface area contributed by atoms with Crippen molar-refractivity contribution < 1.29 is 23.6 Å². The number of carbonyl (C=O) groups excluding carboxylic acids is 2. The molecule has 0 fully saturated rings. The molecule has 2 aromatic carbocycles. The molecule has 1 atom stereocenters. The van der Waals surface area contributed by atoms with E-state index in [4.69, 9.17) is 16.3 Å². The minimum Gasteiger partial charge on any atom is -0.458 e. The molecule has 3 rings (SSSR count). The van der Waals surface area contributed by atoms with Gasteiger partial charge in [0, 0.05) is 23.1 Å². The Morgan fingerprint density at radius 2 is 1.94 bits per heavy atom. The Morgan fingerprint density at radius 3 is 2.55 bits per heavy atom. The van der Waals surface area contributed by atoms with Crippen LogP contribution in [0.25, 0.3) is 10.6 Å². The number of halogens is 2. The maximum atomic E-state index is 13.1. The Balaban J connectivity index is 1.64. The summed E-state index contributed by atoms with van der Waals surface area (Å²) in [6.45, 7) is 3.37. The molecule has 1 N–H and O–H groups in total. The smallest absolute Gasteiger partial charge is 0.329 e.